The van der Waals surface area contributed by atoms with Crippen LogP contribution in [-0.2, 0) is 9.53 Å². The molecule has 1 aromatic rings. The average Bonchev–Trinajstić information content (AvgIpc) is 2.55. The number of halogens is 1. The largest absolute Gasteiger partial charge is 0.449 e. The van der Waals surface area contributed by atoms with Gasteiger partial charge in [0.25, 0.3) is 0 Å². The number of piperidine rings is 1. The smallest absolute Gasteiger partial charge is 0.409 e. The molecule has 0 saturated carbocycles. The van der Waals surface area contributed by atoms with Gasteiger partial charge in [0.1, 0.15) is 5.15 Å². The van der Waals surface area contributed by atoms with Crippen LogP contribution in [0.4, 0.5) is 10.5 Å². The van der Waals surface area contributed by atoms with Crippen molar-refractivity contribution in [3.63, 3.8) is 0 Å². The number of rotatable bonds is 4. The van der Waals surface area contributed by atoms with Gasteiger partial charge in [0.2, 0.25) is 5.91 Å². The van der Waals surface area contributed by atoms with Crippen molar-refractivity contribution in [2.75, 3.05) is 25.0 Å². The first-order valence-electron chi connectivity index (χ1n) is 7.80. The summed E-state index contributed by atoms with van der Waals surface area (Å²) in [7, 11) is 0. The zero-order valence-corrected chi connectivity index (χ0v) is 14.2. The lowest BCUT2D eigenvalue weighted by molar-refractivity contribution is -0.121. The van der Waals surface area contributed by atoms with Crippen LogP contribution in [0.2, 0.25) is 5.15 Å². The van der Waals surface area contributed by atoms with Crippen molar-refractivity contribution >= 4 is 29.3 Å². The molecule has 0 atom stereocenters. The molecular formula is C16H22ClN3O3. The molecule has 2 heterocycles. The highest BCUT2D eigenvalue weighted by Crippen LogP contribution is 2.20. The van der Waals surface area contributed by atoms with Crippen molar-refractivity contribution in [1.82, 2.24) is 9.88 Å². The molecule has 2 amide bonds. The summed E-state index contributed by atoms with van der Waals surface area (Å²) >= 11 is 5.71. The second kappa shape index (κ2) is 8.15. The number of nitrogens with zero attached hydrogens (tertiary/aromatic N) is 2. The fourth-order valence-corrected chi connectivity index (χ4v) is 2.46. The lowest BCUT2D eigenvalue weighted by Crippen LogP contribution is -2.42. The Morgan fingerprint density at radius 3 is 2.65 bits per heavy atom. The maximum Gasteiger partial charge on any atom is 0.409 e. The van der Waals surface area contributed by atoms with Gasteiger partial charge in [-0.05, 0) is 30.9 Å². The molecule has 1 aliphatic rings. The zero-order chi connectivity index (χ0) is 16.8. The molecule has 7 heteroatoms. The van der Waals surface area contributed by atoms with Gasteiger partial charge in [0.05, 0.1) is 18.5 Å². The van der Waals surface area contributed by atoms with E-state index in [4.69, 9.17) is 16.3 Å². The Hall–Kier alpha value is -1.82. The van der Waals surface area contributed by atoms with Crippen LogP contribution in [-0.4, -0.2) is 41.6 Å². The van der Waals surface area contributed by atoms with Gasteiger partial charge in [-0.15, -0.1) is 0 Å². The fraction of sp³-hybridized carbons (Fsp3) is 0.562. The van der Waals surface area contributed by atoms with Crippen LogP contribution in [0.25, 0.3) is 0 Å². The summed E-state index contributed by atoms with van der Waals surface area (Å²) in [5.74, 6) is 0.152. The topological polar surface area (TPSA) is 71.5 Å². The molecule has 0 unspecified atom stereocenters. The predicted molar refractivity (Wildman–Crippen MR) is 88.4 cm³/mol. The number of likely N-dealkylation sites (tertiary alicyclic amines) is 1. The first kappa shape index (κ1) is 17.5. The number of ether oxygens (including phenoxy) is 1. The Bertz CT molecular complexity index is 540. The molecule has 6 nitrogen and oxygen atoms in total. The number of hydrogen-bond acceptors (Lipinski definition) is 4. The lowest BCUT2D eigenvalue weighted by atomic mass is 9.96. The summed E-state index contributed by atoms with van der Waals surface area (Å²) in [6.07, 6.45) is 2.49. The minimum Gasteiger partial charge on any atom is -0.449 e. The van der Waals surface area contributed by atoms with E-state index in [-0.39, 0.29) is 17.9 Å². The predicted octanol–water partition coefficient (Wildman–Crippen LogP) is 3.18. The van der Waals surface area contributed by atoms with Gasteiger partial charge in [0, 0.05) is 19.0 Å². The van der Waals surface area contributed by atoms with Gasteiger partial charge < -0.3 is 15.0 Å². The summed E-state index contributed by atoms with van der Waals surface area (Å²) in [6.45, 7) is 5.48. The number of carbonyl (C=O) groups excluding carboxylic acids is 2. The van der Waals surface area contributed by atoms with Crippen molar-refractivity contribution in [1.29, 1.82) is 0 Å². The molecule has 0 aromatic carbocycles. The van der Waals surface area contributed by atoms with Gasteiger partial charge in [-0.25, -0.2) is 9.78 Å². The quantitative estimate of drug-likeness (QED) is 0.855. The van der Waals surface area contributed by atoms with Crippen molar-refractivity contribution in [2.45, 2.75) is 26.7 Å². The van der Waals surface area contributed by atoms with E-state index < -0.39 is 0 Å². The third-order valence-electron chi connectivity index (χ3n) is 3.66. The summed E-state index contributed by atoms with van der Waals surface area (Å²) in [5, 5.41) is 3.21. The minimum atomic E-state index is -0.292. The molecule has 1 aromatic heterocycles. The van der Waals surface area contributed by atoms with Gasteiger partial charge in [-0.2, -0.15) is 0 Å². The van der Waals surface area contributed by atoms with E-state index in [1.165, 1.54) is 6.20 Å². The minimum absolute atomic E-state index is 0.0516. The maximum atomic E-state index is 12.2. The maximum absolute atomic E-state index is 12.2. The number of carbonyl (C=O) groups is 2. The van der Waals surface area contributed by atoms with Crippen molar-refractivity contribution in [3.8, 4) is 0 Å². The number of nitrogens with one attached hydrogen (secondary N) is 1. The molecule has 0 aliphatic carbocycles. The van der Waals surface area contributed by atoms with E-state index in [0.29, 0.717) is 49.3 Å². The monoisotopic (exact) mass is 339 g/mol. The number of pyridine rings is 1. The van der Waals surface area contributed by atoms with E-state index in [1.54, 1.807) is 17.0 Å². The molecule has 126 valence electrons. The molecule has 0 bridgehead atoms. The first-order valence-corrected chi connectivity index (χ1v) is 8.17. The summed E-state index contributed by atoms with van der Waals surface area (Å²) in [5.41, 5.74) is 0.623. The van der Waals surface area contributed by atoms with Crippen LogP contribution in [0, 0.1) is 11.8 Å². The Balaban J connectivity index is 1.78. The van der Waals surface area contributed by atoms with Gasteiger partial charge in [0.15, 0.2) is 0 Å². The molecule has 1 N–H and O–H groups in total. The first-order chi connectivity index (χ1) is 11.0. The van der Waals surface area contributed by atoms with E-state index >= 15 is 0 Å². The second-order valence-corrected chi connectivity index (χ2v) is 6.48. The van der Waals surface area contributed by atoms with Crippen LogP contribution < -0.4 is 5.32 Å². The molecule has 0 radical (unpaired) electrons. The molecule has 1 aliphatic heterocycles. The van der Waals surface area contributed by atoms with Gasteiger partial charge in [-0.1, -0.05) is 25.4 Å². The molecule has 23 heavy (non-hydrogen) atoms. The van der Waals surface area contributed by atoms with Crippen LogP contribution >= 0.6 is 11.6 Å². The summed E-state index contributed by atoms with van der Waals surface area (Å²) < 4.78 is 5.21. The standard InChI is InChI=1S/C16H22ClN3O3/c1-11(2)10-23-16(22)20-7-5-12(6-8-20)15(21)19-13-3-4-14(17)18-9-13/h3-4,9,11-12H,5-8,10H2,1-2H3,(H,19,21). The Labute approximate surface area is 141 Å². The molecule has 1 fully saturated rings. The van der Waals surface area contributed by atoms with E-state index in [0.717, 1.165) is 0 Å². The van der Waals surface area contributed by atoms with Crippen LogP contribution in [0.3, 0.4) is 0 Å². The number of hydrogen-bond donors (Lipinski definition) is 1. The van der Waals surface area contributed by atoms with Crippen molar-refractivity contribution in [3.05, 3.63) is 23.5 Å². The van der Waals surface area contributed by atoms with E-state index in [9.17, 15) is 9.59 Å². The van der Waals surface area contributed by atoms with Gasteiger partial charge >= 0.3 is 6.09 Å². The summed E-state index contributed by atoms with van der Waals surface area (Å²) in [6, 6.07) is 3.34. The fourth-order valence-electron chi connectivity index (χ4n) is 2.35. The molecule has 1 saturated heterocycles. The molecular weight excluding hydrogens is 318 g/mol. The molecule has 0 spiro atoms. The molecule has 2 rings (SSSR count). The van der Waals surface area contributed by atoms with Crippen LogP contribution in [0.15, 0.2) is 18.3 Å². The highest BCUT2D eigenvalue weighted by Gasteiger charge is 2.28. The second-order valence-electron chi connectivity index (χ2n) is 6.09. The highest BCUT2D eigenvalue weighted by atomic mass is 35.5. The van der Waals surface area contributed by atoms with Crippen molar-refractivity contribution < 1.29 is 14.3 Å². The highest BCUT2D eigenvalue weighted by molar-refractivity contribution is 6.29. The third kappa shape index (κ3) is 5.39. The van der Waals surface area contributed by atoms with Crippen LogP contribution in [0.5, 0.6) is 0 Å². The number of amides is 2. The van der Waals surface area contributed by atoms with E-state index in [1.807, 2.05) is 13.8 Å². The lowest BCUT2D eigenvalue weighted by Gasteiger charge is -2.30. The van der Waals surface area contributed by atoms with E-state index in [2.05, 4.69) is 10.3 Å². The normalized spacial score (nSPS) is 15.6. The Kier molecular flexibility index (Phi) is 6.21. The van der Waals surface area contributed by atoms with Crippen molar-refractivity contribution in [2.24, 2.45) is 11.8 Å². The summed E-state index contributed by atoms with van der Waals surface area (Å²) in [4.78, 5) is 29.7. The Morgan fingerprint density at radius 1 is 1.39 bits per heavy atom. The SMILES string of the molecule is CC(C)COC(=O)N1CCC(C(=O)Nc2ccc(Cl)nc2)CC1. The number of anilines is 1. The zero-order valence-electron chi connectivity index (χ0n) is 13.4. The number of aromatic nitrogens is 1. The van der Waals surface area contributed by atoms with Gasteiger partial charge in [-0.3, -0.25) is 4.79 Å². The Morgan fingerprint density at radius 2 is 2.09 bits per heavy atom. The third-order valence-corrected chi connectivity index (χ3v) is 3.88. The van der Waals surface area contributed by atoms with Crippen LogP contribution in [0.1, 0.15) is 26.7 Å². The average molecular weight is 340 g/mol.